The molecule has 3 fully saturated rings. The van der Waals surface area contributed by atoms with Gasteiger partial charge in [-0.1, -0.05) is 12.1 Å². The van der Waals surface area contributed by atoms with Gasteiger partial charge in [0.2, 0.25) is 0 Å². The molecule has 3 aromatic rings. The number of piperazine rings is 1. The number of hydrogen-bond acceptors (Lipinski definition) is 6. The van der Waals surface area contributed by atoms with Gasteiger partial charge in [0.25, 0.3) is 5.91 Å². The molecule has 168 valence electrons. The van der Waals surface area contributed by atoms with Gasteiger partial charge < -0.3 is 15.0 Å². The van der Waals surface area contributed by atoms with Crippen LogP contribution in [0.5, 0.6) is 0 Å². The molecule has 6 rings (SSSR count). The Hall–Kier alpha value is -3.68. The van der Waals surface area contributed by atoms with Gasteiger partial charge in [-0.2, -0.15) is 5.10 Å². The third-order valence-electron chi connectivity index (χ3n) is 6.78. The summed E-state index contributed by atoms with van der Waals surface area (Å²) in [4.78, 5) is 28.4. The molecule has 2 amide bonds. The first-order valence-corrected chi connectivity index (χ1v) is 11.4. The average molecular weight is 444 g/mol. The number of fused-ring (bicyclic) bond motifs is 2. The van der Waals surface area contributed by atoms with E-state index in [4.69, 9.17) is 4.74 Å². The van der Waals surface area contributed by atoms with Gasteiger partial charge in [0.1, 0.15) is 6.61 Å². The summed E-state index contributed by atoms with van der Waals surface area (Å²) in [5.74, 6) is 0.813. The lowest BCUT2D eigenvalue weighted by molar-refractivity contribution is 0.0951. The fourth-order valence-electron chi connectivity index (χ4n) is 4.73. The zero-order chi connectivity index (χ0) is 22.5. The summed E-state index contributed by atoms with van der Waals surface area (Å²) in [6.45, 7) is 4.47. The maximum absolute atomic E-state index is 12.6. The van der Waals surface area contributed by atoms with Gasteiger partial charge in [-0.3, -0.25) is 9.69 Å². The zero-order valence-electron chi connectivity index (χ0n) is 18.5. The Morgan fingerprint density at radius 2 is 2.03 bits per heavy atom. The molecule has 8 heteroatoms. The number of aromatic nitrogens is 2. The lowest BCUT2D eigenvalue weighted by atomic mass is 9.96. The van der Waals surface area contributed by atoms with Crippen molar-refractivity contribution in [3.8, 4) is 11.1 Å². The van der Waals surface area contributed by atoms with Crippen molar-refractivity contribution in [1.29, 1.82) is 0 Å². The Balaban J connectivity index is 1.31. The molecule has 0 spiro atoms. The standard InChI is InChI=1S/C25H25N5O3/c1-15-2-3-17(24(31)27-19-5-6-19)11-22(15)16-4-7-21-18(10-16)12-26-28-23(21)29-8-9-30-20(13-29)14-33-25(30)32/h2-4,7,10-12,19-20H,5-6,8-9,13-14H2,1H3,(H,27,31)/t20-/m1/s1. The number of aryl methyl sites for hydroxylation is 1. The molecule has 33 heavy (non-hydrogen) atoms. The summed E-state index contributed by atoms with van der Waals surface area (Å²) in [5.41, 5.74) is 3.87. The topological polar surface area (TPSA) is 87.7 Å². The van der Waals surface area contributed by atoms with Gasteiger partial charge in [0.05, 0.1) is 12.2 Å². The van der Waals surface area contributed by atoms with Crippen LogP contribution in [0.3, 0.4) is 0 Å². The van der Waals surface area contributed by atoms with E-state index in [0.29, 0.717) is 37.8 Å². The van der Waals surface area contributed by atoms with Crippen molar-refractivity contribution in [2.45, 2.75) is 31.8 Å². The lowest BCUT2D eigenvalue weighted by Crippen LogP contribution is -2.52. The Morgan fingerprint density at radius 3 is 2.88 bits per heavy atom. The van der Waals surface area contributed by atoms with Crippen LogP contribution < -0.4 is 10.2 Å². The van der Waals surface area contributed by atoms with Crippen LogP contribution in [0.15, 0.2) is 42.6 Å². The van der Waals surface area contributed by atoms with Crippen LogP contribution in [0.2, 0.25) is 0 Å². The molecule has 1 saturated carbocycles. The highest BCUT2D eigenvalue weighted by Crippen LogP contribution is 2.32. The molecule has 1 atom stereocenters. The number of ether oxygens (including phenoxy) is 1. The third kappa shape index (κ3) is 3.65. The smallest absolute Gasteiger partial charge is 0.410 e. The summed E-state index contributed by atoms with van der Waals surface area (Å²) in [5, 5.41) is 13.8. The number of hydrogen-bond donors (Lipinski definition) is 1. The van der Waals surface area contributed by atoms with E-state index < -0.39 is 0 Å². The van der Waals surface area contributed by atoms with Crippen LogP contribution in [0, 0.1) is 6.92 Å². The Morgan fingerprint density at radius 1 is 1.15 bits per heavy atom. The Labute approximate surface area is 191 Å². The van der Waals surface area contributed by atoms with E-state index in [1.54, 1.807) is 11.1 Å². The van der Waals surface area contributed by atoms with Crippen LogP contribution in [-0.2, 0) is 4.74 Å². The van der Waals surface area contributed by atoms with Gasteiger partial charge >= 0.3 is 6.09 Å². The molecule has 0 unspecified atom stereocenters. The van der Waals surface area contributed by atoms with Crippen LogP contribution in [-0.4, -0.2) is 65.4 Å². The molecule has 3 aliphatic rings. The number of benzene rings is 2. The molecular weight excluding hydrogens is 418 g/mol. The van der Waals surface area contributed by atoms with Crippen molar-refractivity contribution in [3.05, 3.63) is 53.7 Å². The van der Waals surface area contributed by atoms with Gasteiger partial charge in [0, 0.05) is 42.0 Å². The maximum Gasteiger partial charge on any atom is 0.410 e. The first-order chi connectivity index (χ1) is 16.1. The second-order valence-corrected chi connectivity index (χ2v) is 9.12. The largest absolute Gasteiger partial charge is 0.447 e. The minimum Gasteiger partial charge on any atom is -0.447 e. The molecule has 3 heterocycles. The number of carbonyl (C=O) groups is 2. The van der Waals surface area contributed by atoms with Crippen molar-refractivity contribution in [3.63, 3.8) is 0 Å². The fraction of sp³-hybridized carbons (Fsp3) is 0.360. The Kier molecular flexibility index (Phi) is 4.67. The second kappa shape index (κ2) is 7.72. The lowest BCUT2D eigenvalue weighted by Gasteiger charge is -2.36. The van der Waals surface area contributed by atoms with Gasteiger partial charge in [-0.25, -0.2) is 4.79 Å². The third-order valence-corrected chi connectivity index (χ3v) is 6.78. The summed E-state index contributed by atoms with van der Waals surface area (Å²) in [6, 6.07) is 12.5. The molecule has 1 aromatic heterocycles. The van der Waals surface area contributed by atoms with Gasteiger partial charge in [-0.05, 0) is 60.7 Å². The number of nitrogens with one attached hydrogen (secondary N) is 1. The van der Waals surface area contributed by atoms with E-state index in [2.05, 4.69) is 45.5 Å². The molecule has 1 aliphatic carbocycles. The van der Waals surface area contributed by atoms with E-state index >= 15 is 0 Å². The normalized spacial score (nSPS) is 20.0. The number of carbonyl (C=O) groups excluding carboxylic acids is 2. The number of rotatable bonds is 4. The quantitative estimate of drug-likeness (QED) is 0.667. The first kappa shape index (κ1) is 20.0. The molecular formula is C25H25N5O3. The predicted molar refractivity (Wildman–Crippen MR) is 124 cm³/mol. The minimum absolute atomic E-state index is 0.0128. The fourth-order valence-corrected chi connectivity index (χ4v) is 4.73. The molecule has 8 nitrogen and oxygen atoms in total. The minimum atomic E-state index is -0.225. The van der Waals surface area contributed by atoms with Crippen molar-refractivity contribution in [2.24, 2.45) is 0 Å². The van der Waals surface area contributed by atoms with Crippen molar-refractivity contribution in [1.82, 2.24) is 20.4 Å². The van der Waals surface area contributed by atoms with E-state index in [0.717, 1.165) is 46.1 Å². The van der Waals surface area contributed by atoms with Crippen molar-refractivity contribution in [2.75, 3.05) is 31.1 Å². The number of nitrogens with zero attached hydrogens (tertiary/aromatic N) is 4. The summed E-state index contributed by atoms with van der Waals surface area (Å²) < 4.78 is 5.19. The summed E-state index contributed by atoms with van der Waals surface area (Å²) in [6.07, 6.45) is 3.69. The van der Waals surface area contributed by atoms with E-state index in [9.17, 15) is 9.59 Å². The van der Waals surface area contributed by atoms with Crippen LogP contribution in [0.4, 0.5) is 10.6 Å². The van der Waals surface area contributed by atoms with E-state index in [1.165, 1.54) is 0 Å². The highest BCUT2D eigenvalue weighted by molar-refractivity contribution is 5.98. The second-order valence-electron chi connectivity index (χ2n) is 9.12. The van der Waals surface area contributed by atoms with Gasteiger partial charge in [0.15, 0.2) is 5.82 Å². The Bertz CT molecular complexity index is 1270. The molecule has 1 N–H and O–H groups in total. The van der Waals surface area contributed by atoms with Gasteiger partial charge in [-0.15, -0.1) is 5.10 Å². The average Bonchev–Trinajstić information content (AvgIpc) is 3.58. The van der Waals surface area contributed by atoms with Crippen molar-refractivity contribution < 1.29 is 14.3 Å². The molecule has 0 bridgehead atoms. The molecule has 2 saturated heterocycles. The highest BCUT2D eigenvalue weighted by Gasteiger charge is 2.38. The SMILES string of the molecule is Cc1ccc(C(=O)NC2CC2)cc1-c1ccc2c(N3CCN4C(=O)OC[C@H]4C3)nncc2c1. The molecule has 0 radical (unpaired) electrons. The highest BCUT2D eigenvalue weighted by atomic mass is 16.6. The molecule has 2 aromatic carbocycles. The molecule has 2 aliphatic heterocycles. The predicted octanol–water partition coefficient (Wildman–Crippen LogP) is 3.14. The van der Waals surface area contributed by atoms with Crippen LogP contribution >= 0.6 is 0 Å². The summed E-state index contributed by atoms with van der Waals surface area (Å²) in [7, 11) is 0. The maximum atomic E-state index is 12.6. The van der Waals surface area contributed by atoms with E-state index in [1.807, 2.05) is 18.2 Å². The zero-order valence-corrected chi connectivity index (χ0v) is 18.5. The number of cyclic esters (lactones) is 1. The van der Waals surface area contributed by atoms with Crippen LogP contribution in [0.1, 0.15) is 28.8 Å². The van der Waals surface area contributed by atoms with Crippen molar-refractivity contribution >= 4 is 28.6 Å². The summed E-state index contributed by atoms with van der Waals surface area (Å²) >= 11 is 0. The van der Waals surface area contributed by atoms with E-state index in [-0.39, 0.29) is 18.0 Å². The monoisotopic (exact) mass is 443 g/mol. The van der Waals surface area contributed by atoms with Crippen LogP contribution in [0.25, 0.3) is 21.9 Å². The first-order valence-electron chi connectivity index (χ1n) is 11.4. The number of amides is 2. The number of anilines is 1.